The van der Waals surface area contributed by atoms with E-state index >= 15 is 0 Å². The van der Waals surface area contributed by atoms with Gasteiger partial charge in [0.25, 0.3) is 0 Å². The summed E-state index contributed by atoms with van der Waals surface area (Å²) < 4.78 is 37.0. The number of methoxy groups -OCH3 is 2. The summed E-state index contributed by atoms with van der Waals surface area (Å²) in [7, 11) is -1.42. The van der Waals surface area contributed by atoms with Gasteiger partial charge in [-0.25, -0.2) is 8.42 Å². The maximum atomic E-state index is 13.0. The molecule has 1 rings (SSSR count). The Bertz CT molecular complexity index is 1030. The lowest BCUT2D eigenvalue weighted by Crippen LogP contribution is -2.40. The molecule has 1 aromatic rings. The van der Waals surface area contributed by atoms with Gasteiger partial charge in [-0.2, -0.15) is 4.31 Å². The molecule has 0 bridgehead atoms. The molecule has 0 radical (unpaired) electrons. The van der Waals surface area contributed by atoms with Crippen LogP contribution in [-0.2, 0) is 29.1 Å². The van der Waals surface area contributed by atoms with E-state index in [4.69, 9.17) is 9.47 Å². The van der Waals surface area contributed by atoms with Gasteiger partial charge in [0.2, 0.25) is 10.0 Å². The number of hydrogen-bond acceptors (Lipinski definition) is 6. The third-order valence-corrected chi connectivity index (χ3v) is 6.58. The Balaban J connectivity index is 3.18. The maximum Gasteiger partial charge on any atom is 0.324 e. The van der Waals surface area contributed by atoms with E-state index in [1.807, 2.05) is 6.92 Å². The van der Waals surface area contributed by atoms with E-state index in [9.17, 15) is 18.0 Å². The molecular weight excluding hydrogens is 430 g/mol. The lowest BCUT2D eigenvalue weighted by Gasteiger charge is -2.25. The van der Waals surface area contributed by atoms with Crippen molar-refractivity contribution in [3.05, 3.63) is 42.0 Å². The summed E-state index contributed by atoms with van der Waals surface area (Å²) in [5.41, 5.74) is -0.687. The average Bonchev–Trinajstić information content (AvgIpc) is 2.79. The van der Waals surface area contributed by atoms with Crippen LogP contribution in [0.3, 0.4) is 0 Å². The fourth-order valence-electron chi connectivity index (χ4n) is 2.85. The van der Waals surface area contributed by atoms with Gasteiger partial charge in [-0.05, 0) is 39.3 Å². The topological polar surface area (TPSA) is 90.0 Å². The van der Waals surface area contributed by atoms with Gasteiger partial charge in [0.1, 0.15) is 0 Å². The molecule has 0 saturated heterocycles. The smallest absolute Gasteiger partial charge is 0.324 e. The average molecular weight is 460 g/mol. The molecule has 0 aliphatic carbocycles. The fourth-order valence-corrected chi connectivity index (χ4v) is 4.14. The second kappa shape index (κ2) is 12.7. The minimum Gasteiger partial charge on any atom is -0.468 e. The van der Waals surface area contributed by atoms with Crippen LogP contribution in [0.15, 0.2) is 41.3 Å². The highest BCUT2D eigenvalue weighted by atomic mass is 32.2. The van der Waals surface area contributed by atoms with E-state index in [2.05, 4.69) is 23.7 Å². The van der Waals surface area contributed by atoms with Crippen molar-refractivity contribution in [3.63, 3.8) is 0 Å². The molecule has 0 aliphatic heterocycles. The molecule has 172 valence electrons. The first kappa shape index (κ1) is 27.0. The van der Waals surface area contributed by atoms with Crippen molar-refractivity contribution in [1.29, 1.82) is 0 Å². The van der Waals surface area contributed by atoms with Gasteiger partial charge < -0.3 is 9.47 Å². The van der Waals surface area contributed by atoms with E-state index in [0.717, 1.165) is 5.56 Å². The van der Waals surface area contributed by atoms with E-state index < -0.39 is 27.4 Å². The summed E-state index contributed by atoms with van der Waals surface area (Å²) in [5.74, 6) is 9.34. The first-order valence-electron chi connectivity index (χ1n) is 9.87. The number of rotatable bonds is 10. The zero-order valence-corrected chi connectivity index (χ0v) is 19.9. The van der Waals surface area contributed by atoms with Crippen molar-refractivity contribution in [2.75, 3.05) is 27.3 Å². The van der Waals surface area contributed by atoms with Crippen molar-refractivity contribution in [2.24, 2.45) is 5.41 Å². The molecular formula is C24H29NO6S. The number of ether oxygens (including phenoxy) is 2. The summed E-state index contributed by atoms with van der Waals surface area (Å²) in [6.07, 6.45) is 2.99. The molecule has 8 heteroatoms. The van der Waals surface area contributed by atoms with E-state index in [-0.39, 0.29) is 30.8 Å². The third-order valence-electron chi connectivity index (χ3n) is 4.75. The minimum atomic E-state index is -3.79. The van der Waals surface area contributed by atoms with Crippen molar-refractivity contribution in [1.82, 2.24) is 4.31 Å². The molecule has 0 aromatic heterocycles. The maximum absolute atomic E-state index is 13.0. The molecule has 7 nitrogen and oxygen atoms in total. The Morgan fingerprint density at radius 3 is 2.06 bits per heavy atom. The molecule has 0 fully saturated rings. The predicted molar refractivity (Wildman–Crippen MR) is 122 cm³/mol. The van der Waals surface area contributed by atoms with Crippen LogP contribution >= 0.6 is 0 Å². The van der Waals surface area contributed by atoms with E-state index in [1.165, 1.54) is 18.5 Å². The number of benzene rings is 1. The Hall–Kier alpha value is -3.07. The first-order valence-corrected chi connectivity index (χ1v) is 11.3. The number of esters is 2. The molecule has 0 saturated carbocycles. The zero-order chi connectivity index (χ0) is 24.2. The number of nitrogens with zero attached hydrogens (tertiary/aromatic N) is 1. The van der Waals surface area contributed by atoms with Crippen LogP contribution in [0.5, 0.6) is 0 Å². The molecule has 0 N–H and O–H groups in total. The second-order valence-corrected chi connectivity index (χ2v) is 8.82. The first-order chi connectivity index (χ1) is 15.2. The van der Waals surface area contributed by atoms with Gasteiger partial charge in [-0.15, -0.1) is 17.8 Å². The van der Waals surface area contributed by atoms with E-state index in [1.54, 1.807) is 50.3 Å². The second-order valence-electron chi connectivity index (χ2n) is 6.88. The van der Waals surface area contributed by atoms with Crippen molar-refractivity contribution < 1.29 is 27.5 Å². The van der Waals surface area contributed by atoms with Gasteiger partial charge in [-0.3, -0.25) is 9.59 Å². The number of hydrogen-bond donors (Lipinski definition) is 0. The molecule has 1 aromatic carbocycles. The summed E-state index contributed by atoms with van der Waals surface area (Å²) in [6, 6.07) is 6.54. The Kier molecular flexibility index (Phi) is 10.7. The van der Waals surface area contributed by atoms with Gasteiger partial charge in [-0.1, -0.05) is 35.8 Å². The monoisotopic (exact) mass is 459 g/mol. The quantitative estimate of drug-likeness (QED) is 0.231. The normalized spacial score (nSPS) is 11.3. The van der Waals surface area contributed by atoms with Crippen LogP contribution in [0.25, 0.3) is 0 Å². The molecule has 0 heterocycles. The summed E-state index contributed by atoms with van der Waals surface area (Å²) in [4.78, 5) is 25.0. The van der Waals surface area contributed by atoms with Crippen LogP contribution in [0, 0.1) is 36.0 Å². The van der Waals surface area contributed by atoms with Crippen LogP contribution in [0.4, 0.5) is 0 Å². The number of aryl methyl sites for hydroxylation is 1. The lowest BCUT2D eigenvalue weighted by atomic mass is 9.81. The highest BCUT2D eigenvalue weighted by molar-refractivity contribution is 7.89. The van der Waals surface area contributed by atoms with Crippen molar-refractivity contribution in [3.8, 4) is 23.7 Å². The van der Waals surface area contributed by atoms with Gasteiger partial charge in [0.05, 0.1) is 25.7 Å². The zero-order valence-electron chi connectivity index (χ0n) is 19.1. The van der Waals surface area contributed by atoms with Gasteiger partial charge in [0.15, 0.2) is 5.41 Å². The SMILES string of the molecule is CC#CCN(C/C=C/CC(CC#CC)(C(=O)OC)C(=O)OC)S(=O)(=O)c1ccc(C)cc1. The van der Waals surface area contributed by atoms with Crippen molar-refractivity contribution >= 4 is 22.0 Å². The molecule has 0 amide bonds. The molecule has 0 unspecified atom stereocenters. The van der Waals surface area contributed by atoms with Crippen molar-refractivity contribution in [2.45, 2.75) is 38.5 Å². The number of allylic oxidation sites excluding steroid dienone is 1. The Labute approximate surface area is 190 Å². The van der Waals surface area contributed by atoms with E-state index in [0.29, 0.717) is 0 Å². The largest absolute Gasteiger partial charge is 0.468 e. The lowest BCUT2D eigenvalue weighted by molar-refractivity contribution is -0.168. The number of carbonyl (C=O) groups excluding carboxylic acids is 2. The van der Waals surface area contributed by atoms with Crippen LogP contribution in [-0.4, -0.2) is 52.0 Å². The molecule has 32 heavy (non-hydrogen) atoms. The molecule has 0 atom stereocenters. The van der Waals surface area contributed by atoms with Crippen LogP contribution in [0.1, 0.15) is 32.3 Å². The molecule has 0 aliphatic rings. The Morgan fingerprint density at radius 1 is 1.00 bits per heavy atom. The standard InChI is InChI=1S/C24H29NO6S/c1-6-8-16-24(22(26)30-4,23(27)31-5)17-10-11-19-25(18-9-7-2)32(28,29)21-14-12-20(3)13-15-21/h10-15H,16-19H2,1-5H3/b11-10+. The number of carbonyl (C=O) groups is 2. The molecule has 0 spiro atoms. The van der Waals surface area contributed by atoms with Gasteiger partial charge >= 0.3 is 11.9 Å². The third kappa shape index (κ3) is 6.71. The highest BCUT2D eigenvalue weighted by Crippen LogP contribution is 2.30. The van der Waals surface area contributed by atoms with Crippen LogP contribution < -0.4 is 0 Å². The van der Waals surface area contributed by atoms with Gasteiger partial charge in [0, 0.05) is 13.0 Å². The summed E-state index contributed by atoms with van der Waals surface area (Å²) >= 11 is 0. The predicted octanol–water partition coefficient (Wildman–Crippen LogP) is 2.70. The summed E-state index contributed by atoms with van der Waals surface area (Å²) in [6.45, 7) is 5.09. The fraction of sp³-hybridized carbons (Fsp3) is 0.417. The number of sulfonamides is 1. The highest BCUT2D eigenvalue weighted by Gasteiger charge is 2.47. The minimum absolute atomic E-state index is 0.00247. The van der Waals surface area contributed by atoms with Crippen LogP contribution in [0.2, 0.25) is 0 Å². The Morgan fingerprint density at radius 2 is 1.56 bits per heavy atom. The summed E-state index contributed by atoms with van der Waals surface area (Å²) in [5, 5.41) is 0.